The van der Waals surface area contributed by atoms with Crippen LogP contribution in [0.3, 0.4) is 0 Å². The average Bonchev–Trinajstić information content (AvgIpc) is 3.24. The third-order valence-corrected chi connectivity index (χ3v) is 7.60. The van der Waals surface area contributed by atoms with Gasteiger partial charge in [0.1, 0.15) is 5.75 Å². The van der Waals surface area contributed by atoms with Crippen molar-refractivity contribution in [1.29, 1.82) is 0 Å². The first-order chi connectivity index (χ1) is 18.0. The molecular formula is C31H39NO5. The first-order valence-electron chi connectivity index (χ1n) is 13.5. The largest absolute Gasteiger partial charge is 0.497 e. The molecule has 37 heavy (non-hydrogen) atoms. The zero-order valence-corrected chi connectivity index (χ0v) is 21.8. The smallest absolute Gasteiger partial charge is 0.303 e. The van der Waals surface area contributed by atoms with Gasteiger partial charge in [0.15, 0.2) is 5.78 Å². The zero-order chi connectivity index (χ0) is 26.0. The van der Waals surface area contributed by atoms with Crippen molar-refractivity contribution in [1.82, 2.24) is 4.90 Å². The molecule has 1 aliphatic carbocycles. The van der Waals surface area contributed by atoms with Crippen LogP contribution in [-0.2, 0) is 20.9 Å². The summed E-state index contributed by atoms with van der Waals surface area (Å²) in [5.41, 5.74) is 3.37. The molecule has 0 amide bonds. The number of carbonyl (C=O) groups excluding carboxylic acids is 1. The minimum Gasteiger partial charge on any atom is -0.497 e. The lowest BCUT2D eigenvalue weighted by molar-refractivity contribution is -0.136. The summed E-state index contributed by atoms with van der Waals surface area (Å²) in [7, 11) is 1.67. The number of ketones is 1. The second kappa shape index (κ2) is 13.5. The van der Waals surface area contributed by atoms with Gasteiger partial charge in [0.2, 0.25) is 0 Å². The van der Waals surface area contributed by atoms with Crippen LogP contribution in [0.15, 0.2) is 60.7 Å². The predicted octanol–water partition coefficient (Wildman–Crippen LogP) is 5.89. The molecule has 1 saturated heterocycles. The van der Waals surface area contributed by atoms with Crippen molar-refractivity contribution in [2.45, 2.75) is 70.1 Å². The molecule has 2 aromatic carbocycles. The Morgan fingerprint density at radius 3 is 2.27 bits per heavy atom. The van der Waals surface area contributed by atoms with Gasteiger partial charge in [-0.25, -0.2) is 0 Å². The number of methoxy groups -OCH3 is 1. The third kappa shape index (κ3) is 7.53. The summed E-state index contributed by atoms with van der Waals surface area (Å²) in [6, 6.07) is 16.4. The number of likely N-dealkylation sites (tertiary alicyclic amines) is 1. The maximum absolute atomic E-state index is 13.1. The van der Waals surface area contributed by atoms with Crippen molar-refractivity contribution in [3.05, 3.63) is 66.2 Å². The van der Waals surface area contributed by atoms with Crippen LogP contribution >= 0.6 is 0 Å². The van der Waals surface area contributed by atoms with E-state index in [1.54, 1.807) is 7.11 Å². The van der Waals surface area contributed by atoms with E-state index in [0.717, 1.165) is 61.2 Å². The lowest BCUT2D eigenvalue weighted by Crippen LogP contribution is -2.46. The number of hydrogen-bond donors (Lipinski definition) is 1. The van der Waals surface area contributed by atoms with Gasteiger partial charge in [-0.3, -0.25) is 14.5 Å². The molecule has 0 unspecified atom stereocenters. The Morgan fingerprint density at radius 1 is 0.973 bits per heavy atom. The number of ether oxygens (including phenoxy) is 2. The maximum atomic E-state index is 13.1. The van der Waals surface area contributed by atoms with Gasteiger partial charge in [0, 0.05) is 18.8 Å². The van der Waals surface area contributed by atoms with Crippen LogP contribution in [0.25, 0.3) is 11.1 Å². The highest BCUT2D eigenvalue weighted by atomic mass is 16.5. The molecule has 1 aliphatic heterocycles. The molecule has 1 saturated carbocycles. The quantitative estimate of drug-likeness (QED) is 0.363. The van der Waals surface area contributed by atoms with Crippen molar-refractivity contribution in [3.8, 4) is 16.9 Å². The second-order valence-electron chi connectivity index (χ2n) is 10.1. The fourth-order valence-corrected chi connectivity index (χ4v) is 5.62. The first kappa shape index (κ1) is 27.1. The van der Waals surface area contributed by atoms with Crippen LogP contribution in [0, 0.1) is 5.92 Å². The molecule has 2 fully saturated rings. The molecule has 0 bridgehead atoms. The highest BCUT2D eigenvalue weighted by Gasteiger charge is 2.45. The second-order valence-corrected chi connectivity index (χ2v) is 10.1. The molecule has 0 aromatic heterocycles. The summed E-state index contributed by atoms with van der Waals surface area (Å²) in [6.45, 7) is 2.46. The van der Waals surface area contributed by atoms with Crippen molar-refractivity contribution in [2.75, 3.05) is 20.2 Å². The normalized spacial score (nSPS) is 22.5. The van der Waals surface area contributed by atoms with E-state index in [4.69, 9.17) is 14.6 Å². The molecule has 2 aliphatic rings. The van der Waals surface area contributed by atoms with Crippen LogP contribution in [0.1, 0.15) is 56.9 Å². The van der Waals surface area contributed by atoms with E-state index in [1.165, 1.54) is 6.42 Å². The summed E-state index contributed by atoms with van der Waals surface area (Å²) in [5.74, 6) is 0.532. The standard InChI is InChI=1S/C31H39NO5/c1-36-26-17-15-25(16-18-26)24-13-11-23(12-14-24)22-37-29-21-28(33)31(32-19-7-4-8-20-32)27(29)9-5-2-3-6-10-30(34)35/h2-3,11-18,27,29,31H,4-10,19-22H2,1H3,(H,34,35)/b3-2-/t27-,29-,31+/m0/s1. The Kier molecular flexibility index (Phi) is 9.92. The molecule has 2 aromatic rings. The SMILES string of the molecule is COc1ccc(-c2ccc(CO[C@H]3CC(=O)[C@H](N4CCCCC4)[C@H]3CC/C=C\CCC(=O)O)cc2)cc1. The van der Waals surface area contributed by atoms with E-state index in [9.17, 15) is 9.59 Å². The summed E-state index contributed by atoms with van der Waals surface area (Å²) < 4.78 is 11.7. The van der Waals surface area contributed by atoms with Gasteiger partial charge in [0.25, 0.3) is 0 Å². The van der Waals surface area contributed by atoms with E-state index in [1.807, 2.05) is 18.2 Å². The Hall–Kier alpha value is -2.96. The van der Waals surface area contributed by atoms with Gasteiger partial charge < -0.3 is 14.6 Å². The predicted molar refractivity (Wildman–Crippen MR) is 145 cm³/mol. The summed E-state index contributed by atoms with van der Waals surface area (Å²) in [5, 5.41) is 8.83. The molecule has 198 valence electrons. The Labute approximate surface area is 220 Å². The molecule has 0 spiro atoms. The Morgan fingerprint density at radius 2 is 1.62 bits per heavy atom. The third-order valence-electron chi connectivity index (χ3n) is 7.60. The van der Waals surface area contributed by atoms with Crippen molar-refractivity contribution >= 4 is 11.8 Å². The summed E-state index contributed by atoms with van der Waals surface area (Å²) in [6.07, 6.45) is 10.3. The van der Waals surface area contributed by atoms with Crippen molar-refractivity contribution in [2.24, 2.45) is 5.92 Å². The minimum absolute atomic E-state index is 0.0600. The molecule has 6 heteroatoms. The number of aliphatic carboxylic acids is 1. The molecular weight excluding hydrogens is 466 g/mol. The molecule has 1 N–H and O–H groups in total. The van der Waals surface area contributed by atoms with Gasteiger partial charge in [-0.2, -0.15) is 0 Å². The van der Waals surface area contributed by atoms with E-state index in [-0.39, 0.29) is 24.5 Å². The van der Waals surface area contributed by atoms with Gasteiger partial charge >= 0.3 is 5.97 Å². The topological polar surface area (TPSA) is 76.1 Å². The van der Waals surface area contributed by atoms with Gasteiger partial charge in [-0.05, 0) is 74.0 Å². The van der Waals surface area contributed by atoms with Crippen LogP contribution < -0.4 is 4.74 Å². The number of carboxylic acid groups (broad SMARTS) is 1. The Balaban J connectivity index is 1.38. The van der Waals surface area contributed by atoms with E-state index < -0.39 is 5.97 Å². The van der Waals surface area contributed by atoms with Gasteiger partial charge in [-0.15, -0.1) is 0 Å². The molecule has 4 rings (SSSR count). The summed E-state index contributed by atoms with van der Waals surface area (Å²) >= 11 is 0. The molecule has 0 radical (unpaired) electrons. The maximum Gasteiger partial charge on any atom is 0.303 e. The number of Topliss-reactive ketones (excluding diaryl/α,β-unsaturated/α-hetero) is 1. The molecule has 6 nitrogen and oxygen atoms in total. The number of carbonyl (C=O) groups is 2. The highest BCUT2D eigenvalue weighted by Crippen LogP contribution is 2.35. The fraction of sp³-hybridized carbons (Fsp3) is 0.484. The number of rotatable bonds is 12. The molecule has 1 heterocycles. The van der Waals surface area contributed by atoms with Crippen LogP contribution in [0.2, 0.25) is 0 Å². The number of benzene rings is 2. The minimum atomic E-state index is -0.776. The van der Waals surface area contributed by atoms with Gasteiger partial charge in [0.05, 0.1) is 25.9 Å². The van der Waals surface area contributed by atoms with E-state index in [0.29, 0.717) is 25.2 Å². The van der Waals surface area contributed by atoms with E-state index in [2.05, 4.69) is 47.4 Å². The monoisotopic (exact) mass is 505 g/mol. The summed E-state index contributed by atoms with van der Waals surface area (Å²) in [4.78, 5) is 26.3. The molecule has 3 atom stereocenters. The average molecular weight is 506 g/mol. The lowest BCUT2D eigenvalue weighted by atomic mass is 9.92. The Bertz CT molecular complexity index is 1040. The van der Waals surface area contributed by atoms with Crippen molar-refractivity contribution < 1.29 is 24.2 Å². The van der Waals surface area contributed by atoms with E-state index >= 15 is 0 Å². The highest BCUT2D eigenvalue weighted by molar-refractivity contribution is 5.87. The lowest BCUT2D eigenvalue weighted by Gasteiger charge is -2.35. The number of nitrogens with zero attached hydrogens (tertiary/aromatic N) is 1. The van der Waals surface area contributed by atoms with Crippen molar-refractivity contribution in [3.63, 3.8) is 0 Å². The van der Waals surface area contributed by atoms with Crippen LogP contribution in [-0.4, -0.2) is 54.1 Å². The first-order valence-corrected chi connectivity index (χ1v) is 13.5. The number of carboxylic acids is 1. The van der Waals surface area contributed by atoms with Crippen LogP contribution in [0.4, 0.5) is 0 Å². The zero-order valence-electron chi connectivity index (χ0n) is 21.8. The number of hydrogen-bond acceptors (Lipinski definition) is 5. The number of allylic oxidation sites excluding steroid dienone is 2. The van der Waals surface area contributed by atoms with Gasteiger partial charge in [-0.1, -0.05) is 55.0 Å². The number of piperidine rings is 1. The van der Waals surface area contributed by atoms with Crippen LogP contribution in [0.5, 0.6) is 5.75 Å². The fourth-order valence-electron chi connectivity index (χ4n) is 5.62.